The second-order valence-corrected chi connectivity index (χ2v) is 1.56. The van der Waals surface area contributed by atoms with Crippen LogP contribution in [-0.4, -0.2) is 12.1 Å². The van der Waals surface area contributed by atoms with Crippen LogP contribution in [0.2, 0.25) is 0 Å². The van der Waals surface area contributed by atoms with E-state index >= 15 is 0 Å². The summed E-state index contributed by atoms with van der Waals surface area (Å²) < 4.78 is 0. The first-order chi connectivity index (χ1) is 2.30. The van der Waals surface area contributed by atoms with E-state index in [0.717, 1.165) is 6.42 Å². The van der Waals surface area contributed by atoms with Crippen molar-refractivity contribution >= 4 is 24.8 Å². The molecule has 0 radical (unpaired) electrons. The normalized spacial score (nSPS) is 35.1. The molecule has 0 spiro atoms. The van der Waals surface area contributed by atoms with Gasteiger partial charge >= 0.3 is 0 Å². The Kier molecular flexibility index (Phi) is 5.23. The van der Waals surface area contributed by atoms with Gasteiger partial charge in [0.05, 0.1) is 0 Å². The third-order valence-corrected chi connectivity index (χ3v) is 0.891. The van der Waals surface area contributed by atoms with Crippen LogP contribution >= 0.6 is 24.8 Å². The Hall–Kier alpha value is 0.500. The van der Waals surface area contributed by atoms with Gasteiger partial charge in [0.1, 0.15) is 0 Å². The summed E-state index contributed by atoms with van der Waals surface area (Å²) in [6.07, 6.45) is 1.03. The number of rotatable bonds is 0. The average Bonchev–Trinajstić information content (AvgIpc) is 1.79. The second-order valence-electron chi connectivity index (χ2n) is 1.56. The Morgan fingerprint density at radius 3 is 1.14 bits per heavy atom. The predicted octanol–water partition coefficient (Wildman–Crippen LogP) is -0.112. The minimum Gasteiger partial charge on any atom is -0.326 e. The molecule has 0 amide bonds. The van der Waals surface area contributed by atoms with Gasteiger partial charge < -0.3 is 11.5 Å². The van der Waals surface area contributed by atoms with Gasteiger partial charge in [-0.2, -0.15) is 0 Å². The Balaban J connectivity index is 0. The third-order valence-electron chi connectivity index (χ3n) is 0.891. The molecule has 2 atom stereocenters. The Labute approximate surface area is 55.4 Å². The first kappa shape index (κ1) is 10.5. The lowest BCUT2D eigenvalue weighted by Crippen LogP contribution is -2.12. The SMILES string of the molecule is Cl.Cl.N[C@@H]1C[C@@H]1N. The van der Waals surface area contributed by atoms with Crippen molar-refractivity contribution in [2.75, 3.05) is 0 Å². The van der Waals surface area contributed by atoms with E-state index in [1.54, 1.807) is 0 Å². The van der Waals surface area contributed by atoms with Gasteiger partial charge in [0.15, 0.2) is 0 Å². The lowest BCUT2D eigenvalue weighted by atomic mass is 10.7. The highest BCUT2D eigenvalue weighted by molar-refractivity contribution is 5.85. The fourth-order valence-electron chi connectivity index (χ4n) is 0.236. The van der Waals surface area contributed by atoms with Crippen LogP contribution < -0.4 is 11.5 Å². The van der Waals surface area contributed by atoms with E-state index in [-0.39, 0.29) is 24.8 Å². The molecule has 1 rings (SSSR count). The summed E-state index contributed by atoms with van der Waals surface area (Å²) in [5, 5.41) is 0. The molecule has 46 valence electrons. The minimum atomic E-state index is 0. The summed E-state index contributed by atoms with van der Waals surface area (Å²) in [6.45, 7) is 0. The maximum absolute atomic E-state index is 5.24. The molecule has 0 aliphatic heterocycles. The van der Waals surface area contributed by atoms with Gasteiger partial charge in [-0.25, -0.2) is 0 Å². The van der Waals surface area contributed by atoms with Gasteiger partial charge in [-0.1, -0.05) is 0 Å². The lowest BCUT2D eigenvalue weighted by Gasteiger charge is -1.70. The molecule has 1 saturated carbocycles. The third kappa shape index (κ3) is 3.12. The molecule has 1 aliphatic carbocycles. The van der Waals surface area contributed by atoms with Crippen LogP contribution in [0.1, 0.15) is 6.42 Å². The summed E-state index contributed by atoms with van der Waals surface area (Å²) in [5.74, 6) is 0. The highest BCUT2D eigenvalue weighted by atomic mass is 35.5. The van der Waals surface area contributed by atoms with E-state index in [4.69, 9.17) is 11.5 Å². The van der Waals surface area contributed by atoms with E-state index in [1.165, 1.54) is 0 Å². The fourth-order valence-corrected chi connectivity index (χ4v) is 0.236. The topological polar surface area (TPSA) is 52.0 Å². The van der Waals surface area contributed by atoms with Gasteiger partial charge in [0.25, 0.3) is 0 Å². The number of hydrogen-bond donors (Lipinski definition) is 2. The maximum atomic E-state index is 5.24. The van der Waals surface area contributed by atoms with Crippen molar-refractivity contribution in [3.8, 4) is 0 Å². The van der Waals surface area contributed by atoms with Crippen molar-refractivity contribution in [2.24, 2.45) is 11.5 Å². The standard InChI is InChI=1S/C3H8N2.2ClH/c4-2-1-3(2)5;;/h2-3H,1,4-5H2;2*1H/t2-,3+;;. The molecular weight excluding hydrogens is 135 g/mol. The highest BCUT2D eigenvalue weighted by Crippen LogP contribution is 2.12. The quantitative estimate of drug-likeness (QED) is 0.499. The highest BCUT2D eigenvalue weighted by Gasteiger charge is 2.28. The Bertz CT molecular complexity index is 44.2. The van der Waals surface area contributed by atoms with Gasteiger partial charge in [0, 0.05) is 12.1 Å². The Morgan fingerprint density at radius 1 is 1.00 bits per heavy atom. The van der Waals surface area contributed by atoms with Crippen LogP contribution in [0.25, 0.3) is 0 Å². The molecule has 4 heteroatoms. The first-order valence-electron chi connectivity index (χ1n) is 1.82. The summed E-state index contributed by atoms with van der Waals surface area (Å²) >= 11 is 0. The maximum Gasteiger partial charge on any atom is 0.0208 e. The number of nitrogens with two attached hydrogens (primary N) is 2. The van der Waals surface area contributed by atoms with E-state index in [2.05, 4.69) is 0 Å². The van der Waals surface area contributed by atoms with E-state index < -0.39 is 0 Å². The molecule has 2 nitrogen and oxygen atoms in total. The van der Waals surface area contributed by atoms with Gasteiger partial charge in [-0.3, -0.25) is 0 Å². The van der Waals surface area contributed by atoms with E-state index in [9.17, 15) is 0 Å². The van der Waals surface area contributed by atoms with Crippen molar-refractivity contribution in [3.05, 3.63) is 0 Å². The molecule has 7 heavy (non-hydrogen) atoms. The van der Waals surface area contributed by atoms with Crippen molar-refractivity contribution < 1.29 is 0 Å². The molecule has 1 fully saturated rings. The smallest absolute Gasteiger partial charge is 0.0208 e. The molecule has 0 aromatic carbocycles. The van der Waals surface area contributed by atoms with Crippen LogP contribution in [0.5, 0.6) is 0 Å². The lowest BCUT2D eigenvalue weighted by molar-refractivity contribution is 0.962. The van der Waals surface area contributed by atoms with Crippen LogP contribution in [-0.2, 0) is 0 Å². The van der Waals surface area contributed by atoms with Gasteiger partial charge in [0.2, 0.25) is 0 Å². The van der Waals surface area contributed by atoms with Crippen molar-refractivity contribution in [1.29, 1.82) is 0 Å². The molecule has 4 N–H and O–H groups in total. The summed E-state index contributed by atoms with van der Waals surface area (Å²) in [5.41, 5.74) is 10.5. The summed E-state index contributed by atoms with van der Waals surface area (Å²) in [4.78, 5) is 0. The predicted molar refractivity (Wildman–Crippen MR) is 35.1 cm³/mol. The van der Waals surface area contributed by atoms with Crippen LogP contribution in [0.3, 0.4) is 0 Å². The van der Waals surface area contributed by atoms with Crippen molar-refractivity contribution in [2.45, 2.75) is 18.5 Å². The zero-order chi connectivity index (χ0) is 3.86. The molecule has 0 aromatic rings. The molecular formula is C3H10Cl2N2. The van der Waals surface area contributed by atoms with Gasteiger partial charge in [-0.05, 0) is 6.42 Å². The number of halogens is 2. The van der Waals surface area contributed by atoms with Crippen LogP contribution in [0.15, 0.2) is 0 Å². The average molecular weight is 145 g/mol. The second kappa shape index (κ2) is 3.50. The molecule has 0 bridgehead atoms. The van der Waals surface area contributed by atoms with Crippen molar-refractivity contribution in [3.63, 3.8) is 0 Å². The van der Waals surface area contributed by atoms with Crippen molar-refractivity contribution in [1.82, 2.24) is 0 Å². The zero-order valence-electron chi connectivity index (χ0n) is 3.83. The van der Waals surface area contributed by atoms with Crippen LogP contribution in [0, 0.1) is 0 Å². The largest absolute Gasteiger partial charge is 0.326 e. The number of hydrogen-bond acceptors (Lipinski definition) is 2. The van der Waals surface area contributed by atoms with E-state index in [1.807, 2.05) is 0 Å². The summed E-state index contributed by atoms with van der Waals surface area (Å²) in [6, 6.07) is 0.657. The van der Waals surface area contributed by atoms with Gasteiger partial charge in [-0.15, -0.1) is 24.8 Å². The van der Waals surface area contributed by atoms with E-state index in [0.29, 0.717) is 12.1 Å². The fraction of sp³-hybridized carbons (Fsp3) is 1.00. The monoisotopic (exact) mass is 144 g/mol. The first-order valence-corrected chi connectivity index (χ1v) is 1.82. The zero-order valence-corrected chi connectivity index (χ0v) is 5.47. The molecule has 1 aliphatic rings. The molecule has 0 heterocycles. The minimum absolute atomic E-state index is 0. The summed E-state index contributed by atoms with van der Waals surface area (Å²) in [7, 11) is 0. The van der Waals surface area contributed by atoms with Crippen LogP contribution in [0.4, 0.5) is 0 Å². The molecule has 0 unspecified atom stereocenters. The Morgan fingerprint density at radius 2 is 1.14 bits per heavy atom. The molecule has 0 saturated heterocycles. The molecule has 0 aromatic heterocycles.